The summed E-state index contributed by atoms with van der Waals surface area (Å²) in [6, 6.07) is 0. The molecule has 1 spiro atoms. The summed E-state index contributed by atoms with van der Waals surface area (Å²) < 4.78 is 15.8. The lowest BCUT2D eigenvalue weighted by atomic mass is 9.77. The number of fused-ring (bicyclic) bond motifs is 1. The van der Waals surface area contributed by atoms with E-state index in [1.165, 1.54) is 7.11 Å². The number of rotatable bonds is 5. The summed E-state index contributed by atoms with van der Waals surface area (Å²) in [5, 5.41) is 0. The largest absolute Gasteiger partial charge is 0.469 e. The summed E-state index contributed by atoms with van der Waals surface area (Å²) in [5.41, 5.74) is -0.631. The number of esters is 1. The highest BCUT2D eigenvalue weighted by Gasteiger charge is 2.67. The number of methoxy groups -OCH3 is 2. The van der Waals surface area contributed by atoms with Gasteiger partial charge in [0.1, 0.15) is 11.5 Å². The summed E-state index contributed by atoms with van der Waals surface area (Å²) in [4.78, 5) is 26.3. The van der Waals surface area contributed by atoms with Crippen molar-refractivity contribution in [1.29, 1.82) is 0 Å². The van der Waals surface area contributed by atoms with Crippen molar-refractivity contribution in [3.8, 4) is 0 Å². The maximum atomic E-state index is 12.6. The molecule has 6 heteroatoms. The summed E-state index contributed by atoms with van der Waals surface area (Å²) in [6.07, 6.45) is 4.28. The van der Waals surface area contributed by atoms with Gasteiger partial charge in [0.25, 0.3) is 0 Å². The van der Waals surface area contributed by atoms with E-state index in [4.69, 9.17) is 14.2 Å². The van der Waals surface area contributed by atoms with E-state index in [1.54, 1.807) is 12.0 Å². The third-order valence-electron chi connectivity index (χ3n) is 4.43. The van der Waals surface area contributed by atoms with Crippen LogP contribution in [0.25, 0.3) is 0 Å². The fraction of sp³-hybridized carbons (Fsp3) is 0.714. The van der Waals surface area contributed by atoms with Crippen molar-refractivity contribution < 1.29 is 23.8 Å². The van der Waals surface area contributed by atoms with Crippen molar-refractivity contribution in [1.82, 2.24) is 4.90 Å². The van der Waals surface area contributed by atoms with Crippen LogP contribution in [0.5, 0.6) is 0 Å². The second-order valence-corrected chi connectivity index (χ2v) is 5.53. The van der Waals surface area contributed by atoms with Crippen molar-refractivity contribution >= 4 is 11.9 Å². The number of carbonyl (C=O) groups excluding carboxylic acids is 2. The lowest BCUT2D eigenvalue weighted by molar-refractivity contribution is -0.151. The molecule has 6 nitrogen and oxygen atoms in total. The minimum Gasteiger partial charge on any atom is -0.469 e. The molecule has 1 amide bonds. The standard InChI is InChI=1S/C14H19NO5/c1-18-7-3-6-15-8-14-5-4-9(20-14)10(13(17)19-2)11(14)12(15)16/h4-5,9-11H,3,6-8H2,1-2H3/t9-,10+,11+,14-/m1/s1. The number of nitrogens with zero attached hydrogens (tertiary/aromatic N) is 1. The third-order valence-corrected chi connectivity index (χ3v) is 4.43. The number of carbonyl (C=O) groups is 2. The Bertz CT molecular complexity index is 462. The fourth-order valence-electron chi connectivity index (χ4n) is 3.57. The number of hydrogen-bond acceptors (Lipinski definition) is 5. The molecule has 20 heavy (non-hydrogen) atoms. The van der Waals surface area contributed by atoms with Gasteiger partial charge in [-0.2, -0.15) is 0 Å². The predicted octanol–water partition coefficient (Wildman–Crippen LogP) is -0.0221. The Labute approximate surface area is 117 Å². The zero-order valence-electron chi connectivity index (χ0n) is 11.7. The van der Waals surface area contributed by atoms with E-state index in [1.807, 2.05) is 12.2 Å². The van der Waals surface area contributed by atoms with E-state index in [0.717, 1.165) is 6.42 Å². The first-order valence-corrected chi connectivity index (χ1v) is 6.86. The molecule has 0 N–H and O–H groups in total. The SMILES string of the molecule is COCCCN1C[C@@]23C=C[C@@H](O2)[C@H](C(=O)OC)[C@H]3C1=O. The Morgan fingerprint density at radius 2 is 2.35 bits per heavy atom. The first kappa shape index (κ1) is 13.6. The molecular weight excluding hydrogens is 262 g/mol. The average molecular weight is 281 g/mol. The second-order valence-electron chi connectivity index (χ2n) is 5.53. The first-order chi connectivity index (χ1) is 9.63. The molecule has 0 aliphatic carbocycles. The quantitative estimate of drug-likeness (QED) is 0.402. The molecular formula is C14H19NO5. The smallest absolute Gasteiger partial charge is 0.312 e. The van der Waals surface area contributed by atoms with Crippen LogP contribution >= 0.6 is 0 Å². The van der Waals surface area contributed by atoms with Gasteiger partial charge in [-0.25, -0.2) is 0 Å². The highest BCUT2D eigenvalue weighted by Crippen LogP contribution is 2.52. The van der Waals surface area contributed by atoms with Gasteiger partial charge < -0.3 is 19.1 Å². The minimum absolute atomic E-state index is 0.0108. The van der Waals surface area contributed by atoms with Gasteiger partial charge in [0, 0.05) is 20.3 Å². The molecule has 0 aromatic heterocycles. The minimum atomic E-state index is -0.631. The van der Waals surface area contributed by atoms with Crippen LogP contribution in [0, 0.1) is 11.8 Å². The van der Waals surface area contributed by atoms with Gasteiger partial charge in [0.05, 0.1) is 25.7 Å². The molecule has 2 saturated heterocycles. The third kappa shape index (κ3) is 1.78. The number of likely N-dealkylation sites (tertiary alicyclic amines) is 1. The van der Waals surface area contributed by atoms with E-state index in [0.29, 0.717) is 19.7 Å². The molecule has 110 valence electrons. The van der Waals surface area contributed by atoms with E-state index in [-0.39, 0.29) is 18.0 Å². The van der Waals surface area contributed by atoms with Crippen molar-refractivity contribution in [3.63, 3.8) is 0 Å². The molecule has 3 heterocycles. The average Bonchev–Trinajstić information content (AvgIpc) is 3.07. The van der Waals surface area contributed by atoms with Gasteiger partial charge in [0.2, 0.25) is 5.91 Å². The normalized spacial score (nSPS) is 37.6. The van der Waals surface area contributed by atoms with Crippen LogP contribution in [0.1, 0.15) is 6.42 Å². The van der Waals surface area contributed by atoms with Crippen LogP contribution in [-0.2, 0) is 23.8 Å². The molecule has 4 atom stereocenters. The number of amides is 1. The molecule has 0 radical (unpaired) electrons. The predicted molar refractivity (Wildman–Crippen MR) is 68.8 cm³/mol. The Kier molecular flexibility index (Phi) is 3.30. The zero-order chi connectivity index (χ0) is 14.3. The maximum absolute atomic E-state index is 12.6. The Morgan fingerprint density at radius 1 is 1.55 bits per heavy atom. The maximum Gasteiger partial charge on any atom is 0.312 e. The van der Waals surface area contributed by atoms with Crippen LogP contribution in [0.2, 0.25) is 0 Å². The van der Waals surface area contributed by atoms with Crippen LogP contribution in [0.4, 0.5) is 0 Å². The van der Waals surface area contributed by atoms with Crippen LogP contribution < -0.4 is 0 Å². The van der Waals surface area contributed by atoms with Gasteiger partial charge in [0.15, 0.2) is 0 Å². The monoisotopic (exact) mass is 281 g/mol. The molecule has 3 aliphatic rings. The zero-order valence-corrected chi connectivity index (χ0v) is 11.7. The molecule has 0 saturated carbocycles. The van der Waals surface area contributed by atoms with Gasteiger partial charge in [-0.1, -0.05) is 12.2 Å². The number of hydrogen-bond donors (Lipinski definition) is 0. The van der Waals surface area contributed by atoms with E-state index < -0.39 is 17.4 Å². The molecule has 3 rings (SSSR count). The number of ether oxygens (including phenoxy) is 3. The summed E-state index contributed by atoms with van der Waals surface area (Å²) in [6.45, 7) is 1.75. The molecule has 3 aliphatic heterocycles. The van der Waals surface area contributed by atoms with Crippen molar-refractivity contribution in [2.75, 3.05) is 33.9 Å². The van der Waals surface area contributed by atoms with Crippen LogP contribution in [0.3, 0.4) is 0 Å². The summed E-state index contributed by atoms with van der Waals surface area (Å²) in [7, 11) is 2.99. The molecule has 0 unspecified atom stereocenters. The van der Waals surface area contributed by atoms with E-state index >= 15 is 0 Å². The van der Waals surface area contributed by atoms with Crippen molar-refractivity contribution in [2.45, 2.75) is 18.1 Å². The Balaban J connectivity index is 1.79. The summed E-state index contributed by atoms with van der Waals surface area (Å²) in [5.74, 6) is -1.32. The topological polar surface area (TPSA) is 65.1 Å². The van der Waals surface area contributed by atoms with Crippen LogP contribution in [-0.4, -0.2) is 62.4 Å². The molecule has 0 aromatic rings. The van der Waals surface area contributed by atoms with Gasteiger partial charge in [-0.15, -0.1) is 0 Å². The lowest BCUT2D eigenvalue weighted by Crippen LogP contribution is -2.39. The van der Waals surface area contributed by atoms with Crippen molar-refractivity contribution in [3.05, 3.63) is 12.2 Å². The highest BCUT2D eigenvalue weighted by molar-refractivity contribution is 5.91. The molecule has 2 bridgehead atoms. The second kappa shape index (κ2) is 4.86. The Hall–Kier alpha value is -1.40. The van der Waals surface area contributed by atoms with Gasteiger partial charge in [-0.3, -0.25) is 9.59 Å². The van der Waals surface area contributed by atoms with E-state index in [2.05, 4.69) is 0 Å². The first-order valence-electron chi connectivity index (χ1n) is 6.86. The highest BCUT2D eigenvalue weighted by atomic mass is 16.5. The lowest BCUT2D eigenvalue weighted by Gasteiger charge is -2.22. The Morgan fingerprint density at radius 3 is 3.05 bits per heavy atom. The van der Waals surface area contributed by atoms with Gasteiger partial charge in [-0.05, 0) is 6.42 Å². The fourth-order valence-corrected chi connectivity index (χ4v) is 3.57. The summed E-state index contributed by atoms with van der Waals surface area (Å²) >= 11 is 0. The van der Waals surface area contributed by atoms with Crippen LogP contribution in [0.15, 0.2) is 12.2 Å². The van der Waals surface area contributed by atoms with Gasteiger partial charge >= 0.3 is 5.97 Å². The molecule has 0 aromatic carbocycles. The van der Waals surface area contributed by atoms with Crippen molar-refractivity contribution in [2.24, 2.45) is 11.8 Å². The molecule has 2 fully saturated rings. The van der Waals surface area contributed by atoms with E-state index in [9.17, 15) is 9.59 Å².